The molecule has 0 aliphatic carbocycles. The molecule has 0 spiro atoms. The molecule has 0 heterocycles. The summed E-state index contributed by atoms with van der Waals surface area (Å²) in [5.74, 6) is 0. The van der Waals surface area contributed by atoms with Gasteiger partial charge in [-0.1, -0.05) is 0 Å². The normalized spacial score (nSPS) is 0. The van der Waals surface area contributed by atoms with Gasteiger partial charge in [0.05, 0.1) is 0 Å². The van der Waals surface area contributed by atoms with Gasteiger partial charge in [-0.2, -0.15) is 0 Å². The molecule has 0 fully saturated rings. The van der Waals surface area contributed by atoms with Gasteiger partial charge in [0.25, 0.3) is 0 Å². The van der Waals surface area contributed by atoms with Gasteiger partial charge < -0.3 is 0 Å². The van der Waals surface area contributed by atoms with Crippen molar-refractivity contribution in [3.05, 3.63) is 0 Å². The standard InChI is InChI=1S/Ag.Bi.Cs.HI.4H/h;;;1H;;;;. The van der Waals surface area contributed by atoms with Crippen molar-refractivity contribution in [3.8, 4) is 0 Å². The van der Waals surface area contributed by atoms with Crippen molar-refractivity contribution in [2.75, 3.05) is 0 Å². The molecule has 0 saturated heterocycles. The Balaban J connectivity index is 0. The first kappa shape index (κ1) is 23.8. The Hall–Kier alpha value is 4.41. The molecule has 4 heavy (non-hydrogen) atoms. The van der Waals surface area contributed by atoms with Crippen LogP contribution >= 0.6 is 24.0 Å². The van der Waals surface area contributed by atoms with Crippen LogP contribution in [0.25, 0.3) is 0 Å². The van der Waals surface area contributed by atoms with Gasteiger partial charge in [-0.15, -0.1) is 24.0 Å². The Morgan fingerprint density at radius 2 is 1.00 bits per heavy atom. The minimum absolute atomic E-state index is 0. The van der Waals surface area contributed by atoms with E-state index in [-0.39, 0.29) is 141 Å². The summed E-state index contributed by atoms with van der Waals surface area (Å²) in [6, 6.07) is 0. The molecule has 0 rings (SSSR count). The van der Waals surface area contributed by atoms with E-state index >= 15 is 0 Å². The summed E-state index contributed by atoms with van der Waals surface area (Å²) < 4.78 is 0. The maximum atomic E-state index is 0. The third-order valence-electron chi connectivity index (χ3n) is 0. The van der Waals surface area contributed by atoms with Crippen molar-refractivity contribution in [3.63, 3.8) is 0 Å². The molecule has 0 aromatic heterocycles. The molecular formula is H5AgBiCsI. The number of hydrogen-bond acceptors (Lipinski definition) is 0. The van der Waals surface area contributed by atoms with Gasteiger partial charge in [0.2, 0.25) is 0 Å². The Morgan fingerprint density at radius 3 is 1.00 bits per heavy atom. The molecule has 0 aromatic rings. The van der Waals surface area contributed by atoms with Crippen LogP contribution in [0.5, 0.6) is 0 Å². The van der Waals surface area contributed by atoms with Crippen LogP contribution in [0.15, 0.2) is 0 Å². The first-order valence-corrected chi connectivity index (χ1v) is 0. The third kappa shape index (κ3) is 9.64. The van der Waals surface area contributed by atoms with Crippen LogP contribution < -0.4 is 0 Å². The van der Waals surface area contributed by atoms with Gasteiger partial charge in [0, 0.05) is 22.4 Å². The average molecular weight is 582 g/mol. The molecular weight excluding hydrogens is 577 g/mol. The molecule has 0 nitrogen and oxygen atoms in total. The van der Waals surface area contributed by atoms with E-state index in [9.17, 15) is 0 Å². The van der Waals surface area contributed by atoms with Crippen molar-refractivity contribution in [1.82, 2.24) is 0 Å². The fourth-order valence-corrected chi connectivity index (χ4v) is 0. The zero-order chi connectivity index (χ0) is 0. The summed E-state index contributed by atoms with van der Waals surface area (Å²) >= 11 is 0. The van der Waals surface area contributed by atoms with Gasteiger partial charge in [-0.3, -0.25) is 0 Å². The van der Waals surface area contributed by atoms with Crippen LogP contribution in [0.2, 0.25) is 0 Å². The van der Waals surface area contributed by atoms with Crippen molar-refractivity contribution in [1.29, 1.82) is 0 Å². The second-order valence-electron chi connectivity index (χ2n) is 0. The third-order valence-corrected chi connectivity index (χ3v) is 0. The van der Waals surface area contributed by atoms with Crippen molar-refractivity contribution in [2.24, 2.45) is 0 Å². The zero-order valence-corrected chi connectivity index (χ0v) is 10.7. The van der Waals surface area contributed by atoms with E-state index in [1.54, 1.807) is 0 Å². The molecule has 0 unspecified atom stereocenters. The SMILES string of the molecule is I.[Ag].[BiH3].[CsH]. The number of hydrogen-bond donors (Lipinski definition) is 0. The summed E-state index contributed by atoms with van der Waals surface area (Å²) in [6.45, 7) is 0. The molecule has 0 saturated carbocycles. The van der Waals surface area contributed by atoms with Crippen molar-refractivity contribution >= 4 is 119 Å². The number of halogens is 1. The van der Waals surface area contributed by atoms with E-state index < -0.39 is 0 Å². The molecule has 0 N–H and O–H groups in total. The Bertz CT molecular complexity index is 8.00. The fraction of sp³-hybridized carbons (Fsp3) is 0. The van der Waals surface area contributed by atoms with Gasteiger partial charge in [-0.25, -0.2) is 0 Å². The van der Waals surface area contributed by atoms with Crippen LogP contribution in [0.1, 0.15) is 0 Å². The van der Waals surface area contributed by atoms with E-state index in [0.717, 1.165) is 0 Å². The van der Waals surface area contributed by atoms with Gasteiger partial charge in [-0.05, 0) is 0 Å². The van der Waals surface area contributed by atoms with E-state index in [1.165, 1.54) is 0 Å². The predicted molar refractivity (Wildman–Crippen MR) is 32.5 cm³/mol. The molecule has 0 aliphatic rings. The van der Waals surface area contributed by atoms with Crippen LogP contribution in [-0.2, 0) is 22.4 Å². The molecule has 29 valence electrons. The van der Waals surface area contributed by atoms with E-state index in [0.29, 0.717) is 0 Å². The van der Waals surface area contributed by atoms with Crippen LogP contribution in [0.3, 0.4) is 0 Å². The Kier molecular flexibility index (Phi) is 93.0. The Labute approximate surface area is 137 Å². The van der Waals surface area contributed by atoms with Crippen LogP contribution in [0.4, 0.5) is 0 Å². The first-order chi connectivity index (χ1) is 0. The molecule has 0 atom stereocenters. The second-order valence-corrected chi connectivity index (χ2v) is 0. The fourth-order valence-electron chi connectivity index (χ4n) is 0. The average Bonchev–Trinajstić information content (AvgIpc) is 0. The van der Waals surface area contributed by atoms with Crippen molar-refractivity contribution in [2.45, 2.75) is 0 Å². The summed E-state index contributed by atoms with van der Waals surface area (Å²) in [4.78, 5) is 0. The second kappa shape index (κ2) is 15.7. The topological polar surface area (TPSA) is 0 Å². The quantitative estimate of drug-likeness (QED) is 0.249. The molecule has 0 bridgehead atoms. The molecule has 0 aliphatic heterocycles. The monoisotopic (exact) mass is 581 g/mol. The Morgan fingerprint density at radius 1 is 1.00 bits per heavy atom. The summed E-state index contributed by atoms with van der Waals surface area (Å²) in [7, 11) is 0. The predicted octanol–water partition coefficient (Wildman–Crippen LogP) is -1.22. The van der Waals surface area contributed by atoms with E-state index in [1.807, 2.05) is 0 Å². The van der Waals surface area contributed by atoms with E-state index in [4.69, 9.17) is 0 Å². The summed E-state index contributed by atoms with van der Waals surface area (Å²) in [5, 5.41) is 0. The molecule has 4 heteroatoms. The minimum atomic E-state index is 0. The van der Waals surface area contributed by atoms with E-state index in [2.05, 4.69) is 0 Å². The molecule has 0 aromatic carbocycles. The molecule has 0 amide bonds. The van der Waals surface area contributed by atoms with Gasteiger partial charge >= 0.3 is 95.1 Å². The van der Waals surface area contributed by atoms with Crippen LogP contribution in [-0.4, -0.2) is 95.1 Å². The number of rotatable bonds is 0. The first-order valence-electron chi connectivity index (χ1n) is 0. The molecule has 1 radical (unpaired) electrons. The summed E-state index contributed by atoms with van der Waals surface area (Å²) in [6.07, 6.45) is 0. The zero-order valence-electron chi connectivity index (χ0n) is 1.42. The maximum absolute atomic E-state index is 0. The van der Waals surface area contributed by atoms with Gasteiger partial charge in [0.1, 0.15) is 0 Å². The summed E-state index contributed by atoms with van der Waals surface area (Å²) in [5.41, 5.74) is 0. The van der Waals surface area contributed by atoms with Crippen LogP contribution in [0, 0.1) is 0 Å². The van der Waals surface area contributed by atoms with Crippen molar-refractivity contribution < 1.29 is 22.4 Å². The van der Waals surface area contributed by atoms with Gasteiger partial charge in [0.15, 0.2) is 0 Å².